The van der Waals surface area contributed by atoms with Crippen LogP contribution in [0.3, 0.4) is 0 Å². The molecule has 0 saturated heterocycles. The Labute approximate surface area is 261 Å². The van der Waals surface area contributed by atoms with E-state index in [4.69, 9.17) is 40.0 Å². The number of fused-ring (bicyclic) bond motifs is 2. The number of Topliss-reactive ketones (excluding diaryl/α,β-unsaturated/α-hetero) is 2. The second kappa shape index (κ2) is 10.6. The minimum atomic E-state index is -2.05. The summed E-state index contributed by atoms with van der Waals surface area (Å²) in [4.78, 5) is 58.0. The van der Waals surface area contributed by atoms with E-state index in [1.54, 1.807) is 19.1 Å². The molecule has 14 heteroatoms. The first-order valence-electron chi connectivity index (χ1n) is 13.8. The minimum absolute atomic E-state index is 0.0121. The SMILES string of the molecule is COc1cc(OC)c2c(c1Cl)OC1(C(=O)C3=C(CC1C)Nc1c(c(=O)[nH]c(=O)n1C)C3c1cc(OC)c(OC)c(OC)c1)C2=O. The lowest BCUT2D eigenvalue weighted by molar-refractivity contribution is -0.130. The zero-order valence-electron chi connectivity index (χ0n) is 25.5. The molecule has 3 unspecified atom stereocenters. The Morgan fingerprint density at radius 2 is 1.51 bits per heavy atom. The Hall–Kier alpha value is -4.91. The van der Waals surface area contributed by atoms with E-state index >= 15 is 4.79 Å². The molecule has 2 N–H and O–H groups in total. The van der Waals surface area contributed by atoms with E-state index in [0.717, 1.165) is 0 Å². The van der Waals surface area contributed by atoms with Gasteiger partial charge < -0.3 is 33.7 Å². The zero-order chi connectivity index (χ0) is 32.5. The lowest BCUT2D eigenvalue weighted by Gasteiger charge is -2.42. The molecule has 1 aliphatic carbocycles. The molecule has 0 radical (unpaired) electrons. The van der Waals surface area contributed by atoms with Crippen molar-refractivity contribution in [1.82, 2.24) is 9.55 Å². The smallest absolute Gasteiger partial charge is 0.329 e. The van der Waals surface area contributed by atoms with E-state index in [-0.39, 0.29) is 62.7 Å². The summed E-state index contributed by atoms with van der Waals surface area (Å²) < 4.78 is 35.1. The molecule has 2 aromatic carbocycles. The van der Waals surface area contributed by atoms with Gasteiger partial charge >= 0.3 is 5.69 Å². The van der Waals surface area contributed by atoms with E-state index in [1.165, 1.54) is 53.2 Å². The number of methoxy groups -OCH3 is 5. The monoisotopic (exact) mass is 639 g/mol. The van der Waals surface area contributed by atoms with E-state index in [0.29, 0.717) is 17.0 Å². The highest BCUT2D eigenvalue weighted by Gasteiger charge is 2.63. The van der Waals surface area contributed by atoms with Crippen molar-refractivity contribution in [3.63, 3.8) is 0 Å². The summed E-state index contributed by atoms with van der Waals surface area (Å²) in [5, 5.41) is 3.17. The van der Waals surface area contributed by atoms with Crippen molar-refractivity contribution in [1.29, 1.82) is 0 Å². The molecule has 3 heterocycles. The number of carbonyl (C=O) groups is 2. The zero-order valence-corrected chi connectivity index (χ0v) is 26.3. The Morgan fingerprint density at radius 1 is 0.889 bits per heavy atom. The van der Waals surface area contributed by atoms with Gasteiger partial charge in [0.15, 0.2) is 17.2 Å². The first kappa shape index (κ1) is 30.1. The number of nitrogens with zero attached hydrogens (tertiary/aromatic N) is 1. The highest BCUT2D eigenvalue weighted by Crippen LogP contribution is 2.57. The van der Waals surface area contributed by atoms with Crippen molar-refractivity contribution in [2.24, 2.45) is 13.0 Å². The summed E-state index contributed by atoms with van der Waals surface area (Å²) in [5.74, 6) is -1.79. The van der Waals surface area contributed by atoms with Gasteiger partial charge in [-0.25, -0.2) is 4.79 Å². The molecule has 0 saturated carbocycles. The molecule has 0 fully saturated rings. The van der Waals surface area contributed by atoms with Gasteiger partial charge in [-0.1, -0.05) is 18.5 Å². The quantitative estimate of drug-likeness (QED) is 0.382. The van der Waals surface area contributed by atoms with Crippen LogP contribution in [0.25, 0.3) is 0 Å². The fraction of sp³-hybridized carbons (Fsp3) is 0.355. The lowest BCUT2D eigenvalue weighted by Crippen LogP contribution is -2.58. The molecule has 6 rings (SSSR count). The molecule has 3 aliphatic rings. The van der Waals surface area contributed by atoms with Crippen LogP contribution in [0.15, 0.2) is 39.1 Å². The molecule has 2 aliphatic heterocycles. The molecule has 13 nitrogen and oxygen atoms in total. The van der Waals surface area contributed by atoms with Crippen molar-refractivity contribution in [2.45, 2.75) is 24.9 Å². The number of hydrogen-bond donors (Lipinski definition) is 2. The third kappa shape index (κ3) is 3.99. The van der Waals surface area contributed by atoms with E-state index in [1.807, 2.05) is 0 Å². The number of H-pyrrole nitrogens is 1. The van der Waals surface area contributed by atoms with Crippen LogP contribution >= 0.6 is 11.6 Å². The fourth-order valence-corrected chi connectivity index (χ4v) is 6.83. The number of aromatic amines is 1. The second-order valence-electron chi connectivity index (χ2n) is 10.9. The van der Waals surface area contributed by atoms with Crippen molar-refractivity contribution < 1.29 is 38.0 Å². The fourth-order valence-electron chi connectivity index (χ4n) is 6.57. The summed E-state index contributed by atoms with van der Waals surface area (Å²) in [6.07, 6.45) is 0.138. The number of anilines is 1. The minimum Gasteiger partial charge on any atom is -0.496 e. The normalized spacial score (nSPS) is 21.4. The topological polar surface area (TPSA) is 156 Å². The van der Waals surface area contributed by atoms with Crippen LogP contribution in [-0.2, 0) is 11.8 Å². The first-order valence-corrected chi connectivity index (χ1v) is 14.2. The molecule has 45 heavy (non-hydrogen) atoms. The molecular weight excluding hydrogens is 610 g/mol. The standard InChI is InChI=1S/C31H30ClN3O10/c1-12-8-14-20(26(36)31(12)27(37)21-15(40-3)11-16(41-4)23(32)25(21)45-31)19(22-28(33-14)35(2)30(39)34-29(22)38)13-9-17(42-5)24(44-7)18(10-13)43-6/h9-12,19,33H,8H2,1-7H3,(H,34,38,39). The van der Waals surface area contributed by atoms with Crippen LogP contribution in [0.2, 0.25) is 5.02 Å². The third-order valence-electron chi connectivity index (χ3n) is 8.76. The molecule has 3 atom stereocenters. The highest BCUT2D eigenvalue weighted by molar-refractivity contribution is 6.36. The second-order valence-corrected chi connectivity index (χ2v) is 11.3. The van der Waals surface area contributed by atoms with Crippen molar-refractivity contribution in [3.8, 4) is 34.5 Å². The van der Waals surface area contributed by atoms with Gasteiger partial charge in [-0.15, -0.1) is 0 Å². The van der Waals surface area contributed by atoms with Gasteiger partial charge in [0.05, 0.1) is 41.1 Å². The largest absolute Gasteiger partial charge is 0.496 e. The van der Waals surface area contributed by atoms with E-state index in [2.05, 4.69) is 10.3 Å². The number of allylic oxidation sites excluding steroid dienone is 1. The van der Waals surface area contributed by atoms with Gasteiger partial charge in [0.2, 0.25) is 22.9 Å². The Bertz CT molecular complexity index is 1940. The van der Waals surface area contributed by atoms with Crippen molar-refractivity contribution >= 4 is 29.0 Å². The summed E-state index contributed by atoms with van der Waals surface area (Å²) in [6, 6.07) is 4.69. The van der Waals surface area contributed by atoms with Crippen LogP contribution < -0.4 is 45.0 Å². The van der Waals surface area contributed by atoms with Crippen LogP contribution in [0.4, 0.5) is 5.82 Å². The number of rotatable bonds is 6. The van der Waals surface area contributed by atoms with E-state index < -0.39 is 40.3 Å². The van der Waals surface area contributed by atoms with Gasteiger partial charge in [-0.05, 0) is 24.1 Å². The van der Waals surface area contributed by atoms with Crippen LogP contribution in [0.1, 0.15) is 40.7 Å². The predicted octanol–water partition coefficient (Wildman–Crippen LogP) is 3.20. The molecule has 0 bridgehead atoms. The van der Waals surface area contributed by atoms with Gasteiger partial charge in [0.25, 0.3) is 5.56 Å². The number of carbonyl (C=O) groups excluding carboxylic acids is 2. The maximum Gasteiger partial charge on any atom is 0.329 e. The molecule has 1 aromatic heterocycles. The van der Waals surface area contributed by atoms with Gasteiger partial charge in [0.1, 0.15) is 27.9 Å². The number of aromatic nitrogens is 2. The van der Waals surface area contributed by atoms with Gasteiger partial charge in [-0.3, -0.25) is 23.9 Å². The average Bonchev–Trinajstić information content (AvgIpc) is 3.35. The number of ketones is 2. The first-order chi connectivity index (χ1) is 21.5. The molecule has 3 aromatic rings. The molecule has 0 amide bonds. The van der Waals surface area contributed by atoms with Crippen LogP contribution in [0, 0.1) is 5.92 Å². The summed E-state index contributed by atoms with van der Waals surface area (Å²) in [5.41, 5.74) is -2.40. The predicted molar refractivity (Wildman–Crippen MR) is 162 cm³/mol. The Balaban J connectivity index is 1.63. The maximum atomic E-state index is 15.0. The lowest BCUT2D eigenvalue weighted by atomic mass is 9.66. The van der Waals surface area contributed by atoms with Crippen molar-refractivity contribution in [2.75, 3.05) is 40.9 Å². The number of benzene rings is 2. The highest BCUT2D eigenvalue weighted by atomic mass is 35.5. The number of hydrogen-bond acceptors (Lipinski definition) is 11. The summed E-state index contributed by atoms with van der Waals surface area (Å²) >= 11 is 6.61. The maximum absolute atomic E-state index is 15.0. The van der Waals surface area contributed by atoms with Gasteiger partial charge in [-0.2, -0.15) is 0 Å². The summed E-state index contributed by atoms with van der Waals surface area (Å²) in [6.45, 7) is 1.71. The average molecular weight is 640 g/mol. The van der Waals surface area contributed by atoms with Gasteiger partial charge in [0, 0.05) is 36.2 Å². The Kier molecular flexibility index (Phi) is 7.11. The molecule has 236 valence electrons. The summed E-state index contributed by atoms with van der Waals surface area (Å²) in [7, 11) is 8.62. The molecular formula is C31H30ClN3O10. The third-order valence-corrected chi connectivity index (χ3v) is 9.12. The van der Waals surface area contributed by atoms with E-state index in [9.17, 15) is 14.4 Å². The number of nitrogens with one attached hydrogen (secondary N) is 2. The number of halogens is 1. The number of ether oxygens (including phenoxy) is 6. The van der Waals surface area contributed by atoms with Crippen LogP contribution in [0.5, 0.6) is 34.5 Å². The van der Waals surface area contributed by atoms with Crippen LogP contribution in [-0.4, -0.2) is 62.3 Å². The Morgan fingerprint density at radius 3 is 2.09 bits per heavy atom. The molecule has 1 spiro atoms. The van der Waals surface area contributed by atoms with Crippen molar-refractivity contribution in [3.05, 3.63) is 72.0 Å².